The fourth-order valence-electron chi connectivity index (χ4n) is 3.22. The first-order valence-corrected chi connectivity index (χ1v) is 10.6. The monoisotopic (exact) mass is 404 g/mol. The molecule has 3 rings (SSSR count). The molecule has 0 unspecified atom stereocenters. The Bertz CT molecular complexity index is 959. The van der Waals surface area contributed by atoms with Gasteiger partial charge < -0.3 is 14.8 Å². The van der Waals surface area contributed by atoms with Crippen LogP contribution in [0.3, 0.4) is 0 Å². The number of carbonyl (C=O) groups is 1. The van der Waals surface area contributed by atoms with E-state index in [4.69, 9.17) is 9.47 Å². The number of sulfonamides is 1. The zero-order valence-electron chi connectivity index (χ0n) is 16.0. The molecule has 1 aliphatic rings. The molecule has 0 saturated carbocycles. The molecule has 1 N–H and O–H groups in total. The largest absolute Gasteiger partial charge is 0.497 e. The Morgan fingerprint density at radius 3 is 2.64 bits per heavy atom. The third-order valence-electron chi connectivity index (χ3n) is 4.78. The maximum absolute atomic E-state index is 12.7. The van der Waals surface area contributed by atoms with E-state index in [1.165, 1.54) is 11.4 Å². The average Bonchev–Trinajstić information content (AvgIpc) is 2.72. The third-order valence-corrected chi connectivity index (χ3v) is 6.60. The number of nitrogens with one attached hydrogen (secondary N) is 1. The molecule has 1 aliphatic heterocycles. The quantitative estimate of drug-likeness (QED) is 0.761. The lowest BCUT2D eigenvalue weighted by atomic mass is 10.0. The Morgan fingerprint density at radius 2 is 1.89 bits per heavy atom. The van der Waals surface area contributed by atoms with Crippen LogP contribution < -0.4 is 14.8 Å². The van der Waals surface area contributed by atoms with Crippen LogP contribution in [0.4, 0.5) is 0 Å². The smallest absolute Gasteiger partial charge is 0.255 e. The molecule has 2 aromatic rings. The molecular weight excluding hydrogens is 380 g/mol. The van der Waals surface area contributed by atoms with Gasteiger partial charge in [0.2, 0.25) is 10.0 Å². The number of para-hydroxylation sites is 1. The van der Waals surface area contributed by atoms with Crippen LogP contribution in [0, 0.1) is 0 Å². The van der Waals surface area contributed by atoms with E-state index in [9.17, 15) is 13.2 Å². The fraction of sp³-hybridized carbons (Fsp3) is 0.350. The van der Waals surface area contributed by atoms with Crippen LogP contribution in [0.2, 0.25) is 0 Å². The Hall–Kier alpha value is -2.58. The molecule has 0 spiro atoms. The minimum Gasteiger partial charge on any atom is -0.497 e. The summed E-state index contributed by atoms with van der Waals surface area (Å²) in [4.78, 5) is 12.3. The van der Waals surface area contributed by atoms with Gasteiger partial charge in [0.05, 0.1) is 25.5 Å². The standard InChI is InChI=1S/C20H24N2O5S/c1-26-17-8-7-16-14-22(11-9-15(16)13-17)28(24,25)12-10-21-20(23)18-5-3-4-6-19(18)27-2/h3-8,13H,9-12,14H2,1-2H3,(H,21,23). The number of benzene rings is 2. The van der Waals surface area contributed by atoms with Crippen molar-refractivity contribution < 1.29 is 22.7 Å². The SMILES string of the molecule is COc1ccc2c(c1)CCN(S(=O)(=O)CCNC(=O)c1ccccc1OC)C2. The highest BCUT2D eigenvalue weighted by atomic mass is 32.2. The molecule has 1 amide bonds. The summed E-state index contributed by atoms with van der Waals surface area (Å²) in [7, 11) is -0.381. The molecule has 0 radical (unpaired) electrons. The van der Waals surface area contributed by atoms with E-state index in [2.05, 4.69) is 5.32 Å². The molecule has 1 heterocycles. The van der Waals surface area contributed by atoms with Gasteiger partial charge in [0.15, 0.2) is 0 Å². The minimum atomic E-state index is -3.48. The Balaban J connectivity index is 1.59. The molecule has 28 heavy (non-hydrogen) atoms. The molecule has 0 aromatic heterocycles. The van der Waals surface area contributed by atoms with Crippen molar-refractivity contribution in [2.75, 3.05) is 33.1 Å². The molecule has 0 aliphatic carbocycles. The lowest BCUT2D eigenvalue weighted by Crippen LogP contribution is -2.40. The Morgan fingerprint density at radius 1 is 1.11 bits per heavy atom. The number of hydrogen-bond acceptors (Lipinski definition) is 5. The highest BCUT2D eigenvalue weighted by Crippen LogP contribution is 2.25. The summed E-state index contributed by atoms with van der Waals surface area (Å²) in [5.41, 5.74) is 2.47. The van der Waals surface area contributed by atoms with Gasteiger partial charge in [0.25, 0.3) is 5.91 Å². The van der Waals surface area contributed by atoms with E-state index in [0.717, 1.165) is 16.9 Å². The topological polar surface area (TPSA) is 84.9 Å². The number of carbonyl (C=O) groups excluding carboxylic acids is 1. The summed E-state index contributed by atoms with van der Waals surface area (Å²) < 4.78 is 37.2. The Kier molecular flexibility index (Phi) is 6.21. The van der Waals surface area contributed by atoms with E-state index in [1.807, 2.05) is 18.2 Å². The summed E-state index contributed by atoms with van der Waals surface area (Å²) >= 11 is 0. The summed E-state index contributed by atoms with van der Waals surface area (Å²) in [6.45, 7) is 0.788. The van der Waals surface area contributed by atoms with E-state index < -0.39 is 10.0 Å². The van der Waals surface area contributed by atoms with Crippen LogP contribution in [0.5, 0.6) is 11.5 Å². The second kappa shape index (κ2) is 8.62. The van der Waals surface area contributed by atoms with Crippen molar-refractivity contribution in [1.82, 2.24) is 9.62 Å². The lowest BCUT2D eigenvalue weighted by Gasteiger charge is -2.28. The molecule has 0 saturated heterocycles. The predicted molar refractivity (Wildman–Crippen MR) is 106 cm³/mol. The fourth-order valence-corrected chi connectivity index (χ4v) is 4.54. The van der Waals surface area contributed by atoms with E-state index in [-0.39, 0.29) is 18.2 Å². The highest BCUT2D eigenvalue weighted by Gasteiger charge is 2.27. The maximum atomic E-state index is 12.7. The molecule has 150 valence electrons. The van der Waals surface area contributed by atoms with Gasteiger partial charge in [-0.25, -0.2) is 8.42 Å². The van der Waals surface area contributed by atoms with Gasteiger partial charge in [0.1, 0.15) is 11.5 Å². The van der Waals surface area contributed by atoms with Crippen molar-refractivity contribution in [3.05, 3.63) is 59.2 Å². The lowest BCUT2D eigenvalue weighted by molar-refractivity contribution is 0.0953. The molecule has 0 atom stereocenters. The Labute approximate surface area is 165 Å². The molecule has 0 bridgehead atoms. The van der Waals surface area contributed by atoms with E-state index in [0.29, 0.717) is 30.8 Å². The van der Waals surface area contributed by atoms with Crippen LogP contribution in [0.1, 0.15) is 21.5 Å². The first kappa shape index (κ1) is 20.2. The molecule has 2 aromatic carbocycles. The van der Waals surface area contributed by atoms with E-state index >= 15 is 0 Å². The number of rotatable bonds is 7. The normalized spacial score (nSPS) is 14.2. The second-order valence-corrected chi connectivity index (χ2v) is 8.58. The van der Waals surface area contributed by atoms with E-state index in [1.54, 1.807) is 31.4 Å². The zero-order valence-corrected chi connectivity index (χ0v) is 16.8. The summed E-state index contributed by atoms with van der Waals surface area (Å²) in [5.74, 6) is 0.711. The number of methoxy groups -OCH3 is 2. The summed E-state index contributed by atoms with van der Waals surface area (Å²) in [6, 6.07) is 12.5. The van der Waals surface area contributed by atoms with Crippen LogP contribution >= 0.6 is 0 Å². The van der Waals surface area contributed by atoms with Gasteiger partial charge in [-0.15, -0.1) is 0 Å². The van der Waals surface area contributed by atoms with Crippen molar-refractivity contribution >= 4 is 15.9 Å². The first-order chi connectivity index (χ1) is 13.4. The van der Waals surface area contributed by atoms with Crippen molar-refractivity contribution in [1.29, 1.82) is 0 Å². The number of ether oxygens (including phenoxy) is 2. The van der Waals surface area contributed by atoms with Gasteiger partial charge >= 0.3 is 0 Å². The molecular formula is C20H24N2O5S. The van der Waals surface area contributed by atoms with Gasteiger partial charge in [-0.1, -0.05) is 18.2 Å². The van der Waals surface area contributed by atoms with Crippen LogP contribution in [0.25, 0.3) is 0 Å². The molecule has 0 fully saturated rings. The number of amides is 1. The summed E-state index contributed by atoms with van der Waals surface area (Å²) in [6.07, 6.45) is 0.638. The number of nitrogens with zero attached hydrogens (tertiary/aromatic N) is 1. The van der Waals surface area contributed by atoms with Crippen molar-refractivity contribution in [2.24, 2.45) is 0 Å². The minimum absolute atomic E-state index is 0.0329. The second-order valence-electron chi connectivity index (χ2n) is 6.49. The van der Waals surface area contributed by atoms with Crippen molar-refractivity contribution in [3.8, 4) is 11.5 Å². The van der Waals surface area contributed by atoms with Crippen molar-refractivity contribution in [3.63, 3.8) is 0 Å². The number of fused-ring (bicyclic) bond motifs is 1. The van der Waals surface area contributed by atoms with Crippen molar-refractivity contribution in [2.45, 2.75) is 13.0 Å². The van der Waals surface area contributed by atoms with Crippen LogP contribution in [-0.2, 0) is 23.0 Å². The maximum Gasteiger partial charge on any atom is 0.255 e. The molecule has 8 heteroatoms. The highest BCUT2D eigenvalue weighted by molar-refractivity contribution is 7.89. The zero-order chi connectivity index (χ0) is 20.1. The summed E-state index contributed by atoms with van der Waals surface area (Å²) in [5, 5.41) is 2.66. The first-order valence-electron chi connectivity index (χ1n) is 8.99. The predicted octanol–water partition coefficient (Wildman–Crippen LogP) is 1.82. The van der Waals surface area contributed by atoms with Gasteiger partial charge in [-0.3, -0.25) is 4.79 Å². The van der Waals surface area contributed by atoms with Crippen LogP contribution in [-0.4, -0.2) is 51.7 Å². The van der Waals surface area contributed by atoms with Gasteiger partial charge in [-0.2, -0.15) is 4.31 Å². The van der Waals surface area contributed by atoms with Gasteiger partial charge in [-0.05, 0) is 41.8 Å². The van der Waals surface area contributed by atoms with Crippen LogP contribution in [0.15, 0.2) is 42.5 Å². The van der Waals surface area contributed by atoms with Gasteiger partial charge in [0, 0.05) is 19.6 Å². The molecule has 7 nitrogen and oxygen atoms in total. The third kappa shape index (κ3) is 4.45. The average molecular weight is 404 g/mol. The number of hydrogen-bond donors (Lipinski definition) is 1.